The van der Waals surface area contributed by atoms with E-state index in [1.807, 2.05) is 25.6 Å². The molecule has 2 heterocycles. The number of aromatic nitrogens is 2. The van der Waals surface area contributed by atoms with Crippen molar-refractivity contribution < 1.29 is 0 Å². The lowest BCUT2D eigenvalue weighted by Gasteiger charge is -2.26. The van der Waals surface area contributed by atoms with Crippen LogP contribution in [0.4, 0.5) is 0 Å². The van der Waals surface area contributed by atoms with Gasteiger partial charge < -0.3 is 5.32 Å². The van der Waals surface area contributed by atoms with Crippen LogP contribution in [0.2, 0.25) is 0 Å². The molecule has 3 nitrogen and oxygen atoms in total. The number of rotatable bonds is 2. The van der Waals surface area contributed by atoms with E-state index >= 15 is 0 Å². The van der Waals surface area contributed by atoms with Crippen LogP contribution < -0.4 is 5.32 Å². The van der Waals surface area contributed by atoms with Crippen molar-refractivity contribution in [1.82, 2.24) is 15.1 Å². The van der Waals surface area contributed by atoms with Crippen LogP contribution in [0, 0.1) is 0 Å². The van der Waals surface area contributed by atoms with Gasteiger partial charge in [0.05, 0.1) is 5.69 Å². The van der Waals surface area contributed by atoms with Crippen LogP contribution >= 0.6 is 0 Å². The van der Waals surface area contributed by atoms with E-state index in [-0.39, 0.29) is 0 Å². The molecule has 0 spiro atoms. The summed E-state index contributed by atoms with van der Waals surface area (Å²) >= 11 is 0. The van der Waals surface area contributed by atoms with Crippen LogP contribution in [0.15, 0.2) is 6.20 Å². The van der Waals surface area contributed by atoms with E-state index in [1.165, 1.54) is 11.3 Å². The first-order valence-corrected chi connectivity index (χ1v) is 5.54. The molecular weight excluding hydrogens is 174 g/mol. The molecule has 2 rings (SSSR count). The van der Waals surface area contributed by atoms with E-state index in [2.05, 4.69) is 23.5 Å². The monoisotopic (exact) mass is 195 g/mol. The summed E-state index contributed by atoms with van der Waals surface area (Å²) in [5.74, 6) is 0.668. The summed E-state index contributed by atoms with van der Waals surface area (Å²) in [7, 11) is 1.99. The number of aryl methyl sites for hydroxylation is 2. The normalized spacial score (nSPS) is 15.7. The Labute approximate surface area is 86.5 Å². The largest absolute Gasteiger partial charge is 0.315 e. The average Bonchev–Trinajstić information content (AvgIpc) is 2.47. The molecule has 0 radical (unpaired) electrons. The fourth-order valence-electron chi connectivity index (χ4n) is 1.65. The second-order valence-electron chi connectivity index (χ2n) is 3.42. The summed E-state index contributed by atoms with van der Waals surface area (Å²) in [5, 5.41) is 7.75. The fourth-order valence-corrected chi connectivity index (χ4v) is 1.65. The van der Waals surface area contributed by atoms with Crippen LogP contribution in [-0.2, 0) is 13.5 Å². The van der Waals surface area contributed by atoms with E-state index in [4.69, 9.17) is 0 Å². The van der Waals surface area contributed by atoms with Gasteiger partial charge in [-0.3, -0.25) is 4.68 Å². The molecule has 1 fully saturated rings. The maximum Gasteiger partial charge on any atom is 0.0712 e. The third kappa shape index (κ3) is 2.15. The summed E-state index contributed by atoms with van der Waals surface area (Å²) in [6.45, 7) is 8.39. The first-order chi connectivity index (χ1) is 6.81. The van der Waals surface area contributed by atoms with Gasteiger partial charge in [-0.05, 0) is 12.0 Å². The molecule has 1 saturated heterocycles. The minimum Gasteiger partial charge on any atom is -0.315 e. The third-order valence-corrected chi connectivity index (χ3v) is 2.49. The molecule has 0 saturated carbocycles. The van der Waals surface area contributed by atoms with Crippen molar-refractivity contribution in [2.45, 2.75) is 33.1 Å². The second-order valence-corrected chi connectivity index (χ2v) is 3.42. The molecule has 80 valence electrons. The van der Waals surface area contributed by atoms with E-state index in [9.17, 15) is 0 Å². The molecule has 1 aromatic rings. The highest BCUT2D eigenvalue weighted by Gasteiger charge is 2.23. The number of hydrogen-bond acceptors (Lipinski definition) is 2. The second kappa shape index (κ2) is 5.15. The Morgan fingerprint density at radius 3 is 2.57 bits per heavy atom. The van der Waals surface area contributed by atoms with Gasteiger partial charge in [0.2, 0.25) is 0 Å². The predicted octanol–water partition coefficient (Wildman–Crippen LogP) is 1.70. The minimum absolute atomic E-state index is 0.668. The van der Waals surface area contributed by atoms with Gasteiger partial charge in [0.15, 0.2) is 0 Å². The lowest BCUT2D eigenvalue weighted by atomic mass is 9.95. The fraction of sp³-hybridized carbons (Fsp3) is 0.727. The molecule has 1 N–H and O–H groups in total. The Morgan fingerprint density at radius 1 is 1.50 bits per heavy atom. The Morgan fingerprint density at radius 2 is 2.14 bits per heavy atom. The van der Waals surface area contributed by atoms with Crippen molar-refractivity contribution in [3.8, 4) is 0 Å². The highest BCUT2D eigenvalue weighted by atomic mass is 15.3. The number of nitrogens with zero attached hydrogens (tertiary/aromatic N) is 2. The van der Waals surface area contributed by atoms with Crippen LogP contribution in [0.3, 0.4) is 0 Å². The van der Waals surface area contributed by atoms with Crippen molar-refractivity contribution >= 4 is 0 Å². The predicted molar refractivity (Wildman–Crippen MR) is 59.5 cm³/mol. The Kier molecular flexibility index (Phi) is 4.14. The van der Waals surface area contributed by atoms with E-state index in [0.29, 0.717) is 5.92 Å². The maximum atomic E-state index is 4.48. The zero-order chi connectivity index (χ0) is 10.6. The average molecular weight is 195 g/mol. The lowest BCUT2D eigenvalue weighted by molar-refractivity contribution is 0.434. The topological polar surface area (TPSA) is 29.9 Å². The molecule has 1 aliphatic rings. The van der Waals surface area contributed by atoms with E-state index < -0.39 is 0 Å². The summed E-state index contributed by atoms with van der Waals surface area (Å²) in [6, 6.07) is 0. The molecule has 0 aromatic carbocycles. The highest BCUT2D eigenvalue weighted by Crippen LogP contribution is 2.21. The summed E-state index contributed by atoms with van der Waals surface area (Å²) in [5.41, 5.74) is 2.71. The van der Waals surface area contributed by atoms with Crippen molar-refractivity contribution in [3.63, 3.8) is 0 Å². The van der Waals surface area contributed by atoms with Gasteiger partial charge in [-0.1, -0.05) is 20.8 Å². The Bertz CT molecular complexity index is 274. The van der Waals surface area contributed by atoms with Gasteiger partial charge in [-0.2, -0.15) is 5.10 Å². The van der Waals surface area contributed by atoms with Gasteiger partial charge >= 0.3 is 0 Å². The first kappa shape index (κ1) is 11.2. The standard InChI is InChI=1S/C9H15N3.C2H6/c1-3-7-6-12(2)11-9(7)8-4-10-5-8;1-2/h6,8,10H,3-5H2,1-2H3;1-2H3. The van der Waals surface area contributed by atoms with E-state index in [0.717, 1.165) is 19.5 Å². The van der Waals surface area contributed by atoms with Crippen molar-refractivity contribution in [2.24, 2.45) is 7.05 Å². The quantitative estimate of drug-likeness (QED) is 0.778. The first-order valence-electron chi connectivity index (χ1n) is 5.54. The molecule has 1 aromatic heterocycles. The lowest BCUT2D eigenvalue weighted by Crippen LogP contribution is -2.40. The van der Waals surface area contributed by atoms with Gasteiger partial charge in [0.1, 0.15) is 0 Å². The molecule has 3 heteroatoms. The molecule has 0 amide bonds. The van der Waals surface area contributed by atoms with Crippen LogP contribution in [0.25, 0.3) is 0 Å². The van der Waals surface area contributed by atoms with Crippen LogP contribution in [0.5, 0.6) is 0 Å². The molecule has 1 aliphatic heterocycles. The van der Waals surface area contributed by atoms with Crippen LogP contribution in [-0.4, -0.2) is 22.9 Å². The van der Waals surface area contributed by atoms with E-state index in [1.54, 1.807) is 0 Å². The maximum absolute atomic E-state index is 4.48. The van der Waals surface area contributed by atoms with Crippen molar-refractivity contribution in [3.05, 3.63) is 17.5 Å². The Balaban J connectivity index is 0.000000461. The van der Waals surface area contributed by atoms with Crippen LogP contribution in [0.1, 0.15) is 37.9 Å². The summed E-state index contributed by atoms with van der Waals surface area (Å²) in [4.78, 5) is 0. The minimum atomic E-state index is 0.668. The van der Waals surface area contributed by atoms with Gasteiger partial charge in [-0.15, -0.1) is 0 Å². The zero-order valence-electron chi connectivity index (χ0n) is 9.67. The molecule has 0 aliphatic carbocycles. The molecule has 0 atom stereocenters. The zero-order valence-corrected chi connectivity index (χ0v) is 9.67. The molecule has 0 unspecified atom stereocenters. The van der Waals surface area contributed by atoms with Gasteiger partial charge in [0, 0.05) is 32.3 Å². The van der Waals surface area contributed by atoms with Gasteiger partial charge in [-0.25, -0.2) is 0 Å². The SMILES string of the molecule is CC.CCc1cn(C)nc1C1CNC1. The molecule has 14 heavy (non-hydrogen) atoms. The third-order valence-electron chi connectivity index (χ3n) is 2.49. The molecular formula is C11H21N3. The summed E-state index contributed by atoms with van der Waals surface area (Å²) in [6.07, 6.45) is 3.23. The number of hydrogen-bond donors (Lipinski definition) is 1. The highest BCUT2D eigenvalue weighted by molar-refractivity contribution is 5.23. The Hall–Kier alpha value is -0.830. The number of nitrogens with one attached hydrogen (secondary N) is 1. The van der Waals surface area contributed by atoms with Gasteiger partial charge in [0.25, 0.3) is 0 Å². The molecule has 0 bridgehead atoms. The smallest absolute Gasteiger partial charge is 0.0712 e. The van der Waals surface area contributed by atoms with Crippen molar-refractivity contribution in [2.75, 3.05) is 13.1 Å². The van der Waals surface area contributed by atoms with Crippen molar-refractivity contribution in [1.29, 1.82) is 0 Å². The summed E-state index contributed by atoms with van der Waals surface area (Å²) < 4.78 is 1.92.